The molecule has 3 rings (SSSR count). The normalized spacial score (nSPS) is 21.2. The second-order valence-electron chi connectivity index (χ2n) is 5.44. The van der Waals surface area contributed by atoms with E-state index < -0.39 is 0 Å². The number of carbonyl (C=O) groups excluding carboxylic acids is 1. The highest BCUT2D eigenvalue weighted by Gasteiger charge is 2.31. The van der Waals surface area contributed by atoms with Crippen LogP contribution in [0.3, 0.4) is 0 Å². The topological polar surface area (TPSA) is 97.7 Å². The van der Waals surface area contributed by atoms with Crippen LogP contribution < -0.4 is 5.32 Å². The van der Waals surface area contributed by atoms with Crippen molar-refractivity contribution >= 4 is 5.91 Å². The molecule has 2 aromatic rings. The van der Waals surface area contributed by atoms with Crippen LogP contribution in [0.15, 0.2) is 27.1 Å². The summed E-state index contributed by atoms with van der Waals surface area (Å²) in [6.07, 6.45) is 0.659. The summed E-state index contributed by atoms with van der Waals surface area (Å²) in [7, 11) is 0. The molecule has 2 N–H and O–H groups in total. The zero-order valence-electron chi connectivity index (χ0n) is 12.2. The number of nitrogens with one attached hydrogen (secondary N) is 1. The van der Waals surface area contributed by atoms with E-state index in [2.05, 4.69) is 10.5 Å². The number of ether oxygens (including phenoxy) is 1. The lowest BCUT2D eigenvalue weighted by molar-refractivity contribution is 0.0891. The first-order chi connectivity index (χ1) is 10.7. The van der Waals surface area contributed by atoms with Gasteiger partial charge in [-0.05, 0) is 19.1 Å². The minimum atomic E-state index is -0.311. The van der Waals surface area contributed by atoms with Gasteiger partial charge in [-0.2, -0.15) is 0 Å². The Morgan fingerprint density at radius 2 is 2.27 bits per heavy atom. The van der Waals surface area contributed by atoms with Gasteiger partial charge in [0.05, 0.1) is 24.9 Å². The fourth-order valence-corrected chi connectivity index (χ4v) is 2.55. The Labute approximate surface area is 127 Å². The molecule has 0 spiro atoms. The van der Waals surface area contributed by atoms with E-state index in [0.29, 0.717) is 25.4 Å². The van der Waals surface area contributed by atoms with Crippen molar-refractivity contribution in [1.82, 2.24) is 10.5 Å². The van der Waals surface area contributed by atoms with Gasteiger partial charge < -0.3 is 24.1 Å². The van der Waals surface area contributed by atoms with Crippen LogP contribution >= 0.6 is 0 Å². The molecule has 0 unspecified atom stereocenters. The highest BCUT2D eigenvalue weighted by molar-refractivity contribution is 5.91. The third-order valence-electron chi connectivity index (χ3n) is 3.70. The highest BCUT2D eigenvalue weighted by Crippen LogP contribution is 2.20. The van der Waals surface area contributed by atoms with Gasteiger partial charge >= 0.3 is 0 Å². The average molecular weight is 306 g/mol. The van der Waals surface area contributed by atoms with Gasteiger partial charge in [0, 0.05) is 18.4 Å². The molecule has 2 atom stereocenters. The van der Waals surface area contributed by atoms with Crippen LogP contribution in [0.4, 0.5) is 0 Å². The Morgan fingerprint density at radius 1 is 1.41 bits per heavy atom. The molecule has 1 aliphatic rings. The number of aliphatic hydroxyl groups excluding tert-OH is 1. The molecule has 7 nitrogen and oxygen atoms in total. The van der Waals surface area contributed by atoms with Gasteiger partial charge in [0.25, 0.3) is 5.91 Å². The number of hydrogen-bond acceptors (Lipinski definition) is 6. The first kappa shape index (κ1) is 14.8. The van der Waals surface area contributed by atoms with Crippen LogP contribution in [0.5, 0.6) is 0 Å². The molecule has 0 radical (unpaired) electrons. The summed E-state index contributed by atoms with van der Waals surface area (Å²) in [6.45, 7) is 2.65. The summed E-state index contributed by atoms with van der Waals surface area (Å²) in [6, 6.07) is 4.90. The van der Waals surface area contributed by atoms with Crippen molar-refractivity contribution < 1.29 is 23.6 Å². The largest absolute Gasteiger partial charge is 0.453 e. The maximum absolute atomic E-state index is 12.2. The van der Waals surface area contributed by atoms with Gasteiger partial charge in [0.15, 0.2) is 5.76 Å². The lowest BCUT2D eigenvalue weighted by Crippen LogP contribution is -2.40. The van der Waals surface area contributed by atoms with E-state index >= 15 is 0 Å². The first-order valence-corrected chi connectivity index (χ1v) is 7.16. The smallest absolute Gasteiger partial charge is 0.287 e. The molecule has 0 bridgehead atoms. The summed E-state index contributed by atoms with van der Waals surface area (Å²) in [5.41, 5.74) is 0.835. The zero-order valence-corrected chi connectivity index (χ0v) is 12.2. The van der Waals surface area contributed by atoms with Crippen molar-refractivity contribution in [3.8, 4) is 0 Å². The number of nitrogens with zero attached hydrogens (tertiary/aromatic N) is 1. The predicted octanol–water partition coefficient (Wildman–Crippen LogP) is 1.06. The number of carbonyl (C=O) groups is 1. The Morgan fingerprint density at radius 3 is 2.95 bits per heavy atom. The van der Waals surface area contributed by atoms with Crippen molar-refractivity contribution in [3.63, 3.8) is 0 Å². The molecular weight excluding hydrogens is 288 g/mol. The maximum atomic E-state index is 12.2. The number of aliphatic hydroxyl groups is 1. The molecule has 22 heavy (non-hydrogen) atoms. The summed E-state index contributed by atoms with van der Waals surface area (Å²) in [5.74, 6) is 1.15. The maximum Gasteiger partial charge on any atom is 0.287 e. The van der Waals surface area contributed by atoms with Crippen molar-refractivity contribution in [3.05, 3.63) is 41.2 Å². The van der Waals surface area contributed by atoms with Crippen LogP contribution in [0.1, 0.15) is 27.8 Å². The van der Waals surface area contributed by atoms with Crippen LogP contribution in [0.25, 0.3) is 0 Å². The lowest BCUT2D eigenvalue weighted by Gasteiger charge is -2.17. The third-order valence-corrected chi connectivity index (χ3v) is 3.70. The molecule has 2 aromatic heterocycles. The molecule has 1 saturated heterocycles. The fraction of sp³-hybridized carbons (Fsp3) is 0.467. The second kappa shape index (κ2) is 6.33. The molecule has 0 aromatic carbocycles. The SMILES string of the molecule is Cc1cc(C[C@@H]2COC[C@@H]2NC(=O)c2ccc(CO)o2)on1. The van der Waals surface area contributed by atoms with Gasteiger partial charge in [-0.25, -0.2) is 0 Å². The molecule has 1 fully saturated rings. The van der Waals surface area contributed by atoms with E-state index in [1.807, 2.05) is 13.0 Å². The first-order valence-electron chi connectivity index (χ1n) is 7.16. The molecule has 118 valence electrons. The number of aryl methyl sites for hydroxylation is 1. The van der Waals surface area contributed by atoms with E-state index in [4.69, 9.17) is 18.8 Å². The summed E-state index contributed by atoms with van der Waals surface area (Å²) in [4.78, 5) is 12.2. The van der Waals surface area contributed by atoms with Crippen molar-refractivity contribution in [2.75, 3.05) is 13.2 Å². The van der Waals surface area contributed by atoms with Gasteiger partial charge in [-0.15, -0.1) is 0 Å². The number of aromatic nitrogens is 1. The number of hydrogen-bond donors (Lipinski definition) is 2. The molecule has 7 heteroatoms. The highest BCUT2D eigenvalue weighted by atomic mass is 16.5. The Kier molecular flexibility index (Phi) is 4.26. The van der Waals surface area contributed by atoms with Gasteiger partial charge in [0.2, 0.25) is 0 Å². The van der Waals surface area contributed by atoms with Gasteiger partial charge in [0.1, 0.15) is 18.1 Å². The standard InChI is InChI=1S/C15H18N2O5/c1-9-4-12(22-17-9)5-10-7-20-8-13(10)16-15(19)14-3-2-11(6-18)21-14/h2-4,10,13,18H,5-8H2,1H3,(H,16,19)/t10-,13+/m1/s1. The van der Waals surface area contributed by atoms with Crippen LogP contribution in [0, 0.1) is 12.8 Å². The molecule has 1 aliphatic heterocycles. The molecular formula is C15H18N2O5. The molecule has 3 heterocycles. The minimum absolute atomic E-state index is 0.111. The van der Waals surface area contributed by atoms with Crippen LogP contribution in [-0.2, 0) is 17.8 Å². The Bertz CT molecular complexity index is 648. The average Bonchev–Trinajstić information content (AvgIpc) is 3.21. The Balaban J connectivity index is 1.61. The van der Waals surface area contributed by atoms with Crippen LogP contribution in [-0.4, -0.2) is 35.4 Å². The fourth-order valence-electron chi connectivity index (χ4n) is 2.55. The van der Waals surface area contributed by atoms with Gasteiger partial charge in [-0.1, -0.05) is 5.16 Å². The van der Waals surface area contributed by atoms with E-state index in [1.54, 1.807) is 12.1 Å². The lowest BCUT2D eigenvalue weighted by atomic mass is 9.98. The third kappa shape index (κ3) is 3.20. The second-order valence-corrected chi connectivity index (χ2v) is 5.44. The zero-order chi connectivity index (χ0) is 15.5. The van der Waals surface area contributed by atoms with Crippen molar-refractivity contribution in [1.29, 1.82) is 0 Å². The summed E-state index contributed by atoms with van der Waals surface area (Å²) in [5, 5.41) is 15.7. The molecule has 0 aliphatic carbocycles. The van der Waals surface area contributed by atoms with E-state index in [-0.39, 0.29) is 30.2 Å². The number of rotatable bonds is 5. The van der Waals surface area contributed by atoms with Gasteiger partial charge in [-0.3, -0.25) is 4.79 Å². The molecule has 1 amide bonds. The minimum Gasteiger partial charge on any atom is -0.453 e. The summed E-state index contributed by atoms with van der Waals surface area (Å²) >= 11 is 0. The van der Waals surface area contributed by atoms with Crippen molar-refractivity contribution in [2.24, 2.45) is 5.92 Å². The summed E-state index contributed by atoms with van der Waals surface area (Å²) < 4.78 is 15.9. The quantitative estimate of drug-likeness (QED) is 0.857. The van der Waals surface area contributed by atoms with Crippen molar-refractivity contribution in [2.45, 2.75) is 26.0 Å². The van der Waals surface area contributed by atoms with E-state index in [1.165, 1.54) is 0 Å². The number of amides is 1. The predicted molar refractivity (Wildman–Crippen MR) is 75.1 cm³/mol. The van der Waals surface area contributed by atoms with E-state index in [9.17, 15) is 4.79 Å². The molecule has 0 saturated carbocycles. The van der Waals surface area contributed by atoms with Crippen LogP contribution in [0.2, 0.25) is 0 Å². The number of furan rings is 1. The van der Waals surface area contributed by atoms with E-state index in [0.717, 1.165) is 11.5 Å². The monoisotopic (exact) mass is 306 g/mol. The Hall–Kier alpha value is -2.12.